The highest BCUT2D eigenvalue weighted by Crippen LogP contribution is 2.21. The van der Waals surface area contributed by atoms with Gasteiger partial charge in [-0.05, 0) is 30.7 Å². The van der Waals surface area contributed by atoms with Gasteiger partial charge in [-0.2, -0.15) is 0 Å². The van der Waals surface area contributed by atoms with Crippen LogP contribution in [0.1, 0.15) is 5.56 Å². The lowest BCUT2D eigenvalue weighted by Gasteiger charge is -2.00. The molecule has 0 saturated heterocycles. The summed E-state index contributed by atoms with van der Waals surface area (Å²) in [5, 5.41) is 8.23. The molecule has 0 fully saturated rings. The predicted octanol–water partition coefficient (Wildman–Crippen LogP) is 2.62. The minimum atomic E-state index is 0.607. The Morgan fingerprint density at radius 1 is 1.55 bits per heavy atom. The first-order valence-corrected chi connectivity index (χ1v) is 3.85. The van der Waals surface area contributed by atoms with Crippen LogP contribution in [0.4, 0.5) is 0 Å². The van der Waals surface area contributed by atoms with Crippen LogP contribution in [0.15, 0.2) is 22.7 Å². The summed E-state index contributed by atoms with van der Waals surface area (Å²) >= 11 is 3.31. The molecule has 0 amide bonds. The van der Waals surface area contributed by atoms with E-state index in [4.69, 9.17) is 5.26 Å². The molecule has 0 heterocycles. The molecule has 0 aromatic heterocycles. The van der Waals surface area contributed by atoms with Crippen LogP contribution in [-0.2, 0) is 0 Å². The molecule has 0 aliphatic heterocycles. The van der Waals surface area contributed by atoms with Crippen LogP contribution in [0.3, 0.4) is 0 Å². The second kappa shape index (κ2) is 3.40. The Kier molecular flexibility index (Phi) is 2.50. The Hall–Kier alpha value is -1.01. The van der Waals surface area contributed by atoms with Crippen LogP contribution < -0.4 is 4.74 Å². The van der Waals surface area contributed by atoms with Gasteiger partial charge in [-0.25, -0.2) is 0 Å². The maximum Gasteiger partial charge on any atom is 0.292 e. The van der Waals surface area contributed by atoms with Gasteiger partial charge in [0.1, 0.15) is 5.75 Å². The Balaban J connectivity index is 3.01. The van der Waals surface area contributed by atoms with Crippen LogP contribution >= 0.6 is 15.9 Å². The first kappa shape index (κ1) is 8.09. The van der Waals surface area contributed by atoms with Gasteiger partial charge in [-0.1, -0.05) is 15.9 Å². The standard InChI is InChI=1S/C8H6BrNO/c1-6-4-7(9)2-3-8(6)11-5-10/h2-4H,1H3. The summed E-state index contributed by atoms with van der Waals surface area (Å²) in [7, 11) is 0. The molecule has 0 aliphatic carbocycles. The summed E-state index contributed by atoms with van der Waals surface area (Å²) in [6.45, 7) is 1.89. The zero-order valence-corrected chi connectivity index (χ0v) is 7.55. The number of halogens is 1. The van der Waals surface area contributed by atoms with E-state index in [1.807, 2.05) is 19.1 Å². The van der Waals surface area contributed by atoms with E-state index < -0.39 is 0 Å². The highest BCUT2D eigenvalue weighted by atomic mass is 79.9. The van der Waals surface area contributed by atoms with Crippen molar-refractivity contribution >= 4 is 15.9 Å². The largest absolute Gasteiger partial charge is 0.388 e. The molecular weight excluding hydrogens is 206 g/mol. The molecule has 1 aromatic carbocycles. The molecule has 0 N–H and O–H groups in total. The smallest absolute Gasteiger partial charge is 0.292 e. The molecule has 0 radical (unpaired) electrons. The van der Waals surface area contributed by atoms with Crippen molar-refractivity contribution in [3.63, 3.8) is 0 Å². The molecule has 56 valence electrons. The average molecular weight is 212 g/mol. The average Bonchev–Trinajstić information content (AvgIpc) is 1.95. The highest BCUT2D eigenvalue weighted by Gasteiger charge is 1.98. The molecule has 1 aromatic rings. The number of ether oxygens (including phenoxy) is 1. The van der Waals surface area contributed by atoms with E-state index in [0.29, 0.717) is 5.75 Å². The highest BCUT2D eigenvalue weighted by molar-refractivity contribution is 9.10. The fourth-order valence-corrected chi connectivity index (χ4v) is 1.25. The summed E-state index contributed by atoms with van der Waals surface area (Å²) in [6, 6.07) is 5.48. The molecular formula is C8H6BrNO. The van der Waals surface area contributed by atoms with Gasteiger partial charge in [-0.3, -0.25) is 0 Å². The van der Waals surface area contributed by atoms with E-state index in [-0.39, 0.29) is 0 Å². The number of hydrogen-bond acceptors (Lipinski definition) is 2. The Bertz CT molecular complexity index is 303. The van der Waals surface area contributed by atoms with Crippen molar-refractivity contribution in [1.29, 1.82) is 5.26 Å². The maximum atomic E-state index is 8.23. The normalized spacial score (nSPS) is 8.82. The quantitative estimate of drug-likeness (QED) is 0.670. The second-order valence-corrected chi connectivity index (χ2v) is 3.02. The summed E-state index contributed by atoms with van der Waals surface area (Å²) in [5.74, 6) is 0.607. The molecule has 2 nitrogen and oxygen atoms in total. The van der Waals surface area contributed by atoms with Gasteiger partial charge in [0.2, 0.25) is 0 Å². The number of hydrogen-bond donors (Lipinski definition) is 0. The lowest BCUT2D eigenvalue weighted by atomic mass is 10.2. The van der Waals surface area contributed by atoms with Gasteiger partial charge in [0, 0.05) is 4.47 Å². The topological polar surface area (TPSA) is 33.0 Å². The maximum absolute atomic E-state index is 8.23. The number of nitrogens with zero attached hydrogens (tertiary/aromatic N) is 1. The van der Waals surface area contributed by atoms with Crippen molar-refractivity contribution in [3.05, 3.63) is 28.2 Å². The third-order valence-electron chi connectivity index (χ3n) is 1.29. The number of benzene rings is 1. The molecule has 3 heteroatoms. The minimum Gasteiger partial charge on any atom is -0.388 e. The lowest BCUT2D eigenvalue weighted by molar-refractivity contribution is 0.503. The third kappa shape index (κ3) is 1.95. The number of rotatable bonds is 1. The Morgan fingerprint density at radius 2 is 2.27 bits per heavy atom. The summed E-state index contributed by atoms with van der Waals surface area (Å²) < 4.78 is 5.66. The van der Waals surface area contributed by atoms with Gasteiger partial charge in [0.15, 0.2) is 0 Å². The number of nitriles is 1. The van der Waals surface area contributed by atoms with Crippen LogP contribution in [-0.4, -0.2) is 0 Å². The van der Waals surface area contributed by atoms with E-state index in [2.05, 4.69) is 20.7 Å². The molecule has 0 spiro atoms. The summed E-state index contributed by atoms with van der Waals surface area (Å²) in [6.07, 6.45) is 1.63. The summed E-state index contributed by atoms with van der Waals surface area (Å²) in [4.78, 5) is 0. The first-order valence-electron chi connectivity index (χ1n) is 3.06. The zero-order valence-electron chi connectivity index (χ0n) is 5.97. The van der Waals surface area contributed by atoms with Crippen molar-refractivity contribution in [3.8, 4) is 12.0 Å². The Morgan fingerprint density at radius 3 is 2.82 bits per heavy atom. The van der Waals surface area contributed by atoms with Gasteiger partial charge < -0.3 is 4.74 Å². The fraction of sp³-hybridized carbons (Fsp3) is 0.125. The molecule has 0 bridgehead atoms. The van der Waals surface area contributed by atoms with Crippen molar-refractivity contribution < 1.29 is 4.74 Å². The molecule has 0 unspecified atom stereocenters. The van der Waals surface area contributed by atoms with E-state index in [9.17, 15) is 0 Å². The first-order chi connectivity index (χ1) is 5.24. The van der Waals surface area contributed by atoms with E-state index in [1.54, 1.807) is 12.3 Å². The van der Waals surface area contributed by atoms with Gasteiger partial charge in [-0.15, -0.1) is 5.26 Å². The van der Waals surface area contributed by atoms with Crippen LogP contribution in [0.5, 0.6) is 5.75 Å². The molecule has 1 rings (SSSR count). The van der Waals surface area contributed by atoms with Gasteiger partial charge >= 0.3 is 0 Å². The van der Waals surface area contributed by atoms with Crippen LogP contribution in [0, 0.1) is 18.4 Å². The van der Waals surface area contributed by atoms with Crippen molar-refractivity contribution in [2.75, 3.05) is 0 Å². The molecule has 0 aliphatic rings. The summed E-state index contributed by atoms with van der Waals surface area (Å²) in [5.41, 5.74) is 0.945. The zero-order chi connectivity index (χ0) is 8.27. The fourth-order valence-electron chi connectivity index (χ4n) is 0.777. The molecule has 11 heavy (non-hydrogen) atoms. The molecule has 0 saturated carbocycles. The van der Waals surface area contributed by atoms with Crippen LogP contribution in [0.2, 0.25) is 0 Å². The minimum absolute atomic E-state index is 0.607. The second-order valence-electron chi connectivity index (χ2n) is 2.10. The van der Waals surface area contributed by atoms with Crippen LogP contribution in [0.25, 0.3) is 0 Å². The monoisotopic (exact) mass is 211 g/mol. The predicted molar refractivity (Wildman–Crippen MR) is 45.1 cm³/mol. The van der Waals surface area contributed by atoms with Gasteiger partial charge in [0.05, 0.1) is 0 Å². The van der Waals surface area contributed by atoms with E-state index >= 15 is 0 Å². The molecule has 0 atom stereocenters. The number of aryl methyl sites for hydroxylation is 1. The Labute approximate surface area is 73.5 Å². The van der Waals surface area contributed by atoms with E-state index in [1.165, 1.54) is 0 Å². The van der Waals surface area contributed by atoms with Gasteiger partial charge in [0.25, 0.3) is 6.26 Å². The lowest BCUT2D eigenvalue weighted by Crippen LogP contribution is -1.84. The third-order valence-corrected chi connectivity index (χ3v) is 1.79. The van der Waals surface area contributed by atoms with Crippen molar-refractivity contribution in [2.45, 2.75) is 6.92 Å². The van der Waals surface area contributed by atoms with E-state index in [0.717, 1.165) is 10.0 Å². The SMILES string of the molecule is Cc1cc(Br)ccc1OC#N. The van der Waals surface area contributed by atoms with Crippen molar-refractivity contribution in [2.24, 2.45) is 0 Å². The van der Waals surface area contributed by atoms with Crippen molar-refractivity contribution in [1.82, 2.24) is 0 Å².